The van der Waals surface area contributed by atoms with E-state index in [1.807, 2.05) is 18.3 Å². The molecule has 1 aromatic carbocycles. The normalized spacial score (nSPS) is 11.9. The summed E-state index contributed by atoms with van der Waals surface area (Å²) in [5.41, 5.74) is 3.72. The van der Waals surface area contributed by atoms with Gasteiger partial charge in [-0.1, -0.05) is 24.3 Å². The number of pyridine rings is 1. The Bertz CT molecular complexity index is 537. The van der Waals surface area contributed by atoms with Crippen LogP contribution in [0, 0.1) is 6.92 Å². The molecule has 1 unspecified atom stereocenters. The summed E-state index contributed by atoms with van der Waals surface area (Å²) in [4.78, 5) is 4.28. The molecule has 0 aliphatic heterocycles. The van der Waals surface area contributed by atoms with Gasteiger partial charge in [0.2, 0.25) is 0 Å². The maximum Gasteiger partial charge on any atom is 0.127 e. The molecular formula is C16H21N3. The van der Waals surface area contributed by atoms with Gasteiger partial charge in [0, 0.05) is 30.5 Å². The van der Waals surface area contributed by atoms with E-state index in [4.69, 9.17) is 0 Å². The second-order valence-electron chi connectivity index (χ2n) is 4.68. The van der Waals surface area contributed by atoms with Crippen molar-refractivity contribution < 1.29 is 0 Å². The summed E-state index contributed by atoms with van der Waals surface area (Å²) in [6.07, 6.45) is 1.82. The second kappa shape index (κ2) is 6.23. The standard InChI is InChI=1S/C16H21N3/c1-4-17-16-11-14(9-10-18-16)19-13(3)15-8-6-5-7-12(15)2/h5-11,13H,4H2,1-3H3,(H2,17,18,19). The Kier molecular flexibility index (Phi) is 4.39. The fraction of sp³-hybridized carbons (Fsp3) is 0.312. The first-order chi connectivity index (χ1) is 9.20. The molecule has 2 aromatic rings. The fourth-order valence-electron chi connectivity index (χ4n) is 2.20. The molecular weight excluding hydrogens is 234 g/mol. The summed E-state index contributed by atoms with van der Waals surface area (Å²) < 4.78 is 0. The highest BCUT2D eigenvalue weighted by atomic mass is 15.0. The van der Waals surface area contributed by atoms with Gasteiger partial charge in [-0.25, -0.2) is 4.98 Å². The van der Waals surface area contributed by atoms with Gasteiger partial charge in [-0.15, -0.1) is 0 Å². The number of hydrogen-bond acceptors (Lipinski definition) is 3. The average Bonchev–Trinajstić information content (AvgIpc) is 2.40. The molecule has 3 nitrogen and oxygen atoms in total. The van der Waals surface area contributed by atoms with Crippen LogP contribution >= 0.6 is 0 Å². The minimum Gasteiger partial charge on any atom is -0.378 e. The number of anilines is 2. The molecule has 0 bridgehead atoms. The molecule has 3 heteroatoms. The van der Waals surface area contributed by atoms with Crippen molar-refractivity contribution in [2.45, 2.75) is 26.8 Å². The third-order valence-electron chi connectivity index (χ3n) is 3.16. The summed E-state index contributed by atoms with van der Waals surface area (Å²) in [6.45, 7) is 7.27. The number of aryl methyl sites for hydroxylation is 1. The van der Waals surface area contributed by atoms with E-state index < -0.39 is 0 Å². The SMILES string of the molecule is CCNc1cc(NC(C)c2ccccc2C)ccn1. The molecule has 0 spiro atoms. The van der Waals surface area contributed by atoms with Crippen LogP contribution in [0.4, 0.5) is 11.5 Å². The first kappa shape index (κ1) is 13.4. The zero-order chi connectivity index (χ0) is 13.7. The number of rotatable bonds is 5. The van der Waals surface area contributed by atoms with E-state index in [1.54, 1.807) is 0 Å². The predicted octanol–water partition coefficient (Wildman–Crippen LogP) is 3.99. The molecule has 2 rings (SSSR count). The minimum atomic E-state index is 0.276. The Labute approximate surface area is 115 Å². The van der Waals surface area contributed by atoms with E-state index in [-0.39, 0.29) is 6.04 Å². The van der Waals surface area contributed by atoms with Crippen LogP contribution in [0.2, 0.25) is 0 Å². The van der Waals surface area contributed by atoms with Gasteiger partial charge in [-0.2, -0.15) is 0 Å². The van der Waals surface area contributed by atoms with Crippen LogP contribution in [0.1, 0.15) is 31.0 Å². The lowest BCUT2D eigenvalue weighted by atomic mass is 10.0. The predicted molar refractivity (Wildman–Crippen MR) is 81.6 cm³/mol. The molecule has 0 amide bonds. The van der Waals surface area contributed by atoms with Gasteiger partial charge in [0.05, 0.1) is 0 Å². The molecule has 1 aromatic heterocycles. The molecule has 0 radical (unpaired) electrons. The van der Waals surface area contributed by atoms with Crippen molar-refractivity contribution in [2.75, 3.05) is 17.2 Å². The molecule has 1 heterocycles. The van der Waals surface area contributed by atoms with Gasteiger partial charge in [0.1, 0.15) is 5.82 Å². The van der Waals surface area contributed by atoms with Crippen LogP contribution < -0.4 is 10.6 Å². The molecule has 0 saturated carbocycles. The first-order valence-corrected chi connectivity index (χ1v) is 6.72. The second-order valence-corrected chi connectivity index (χ2v) is 4.68. The van der Waals surface area contributed by atoms with Crippen molar-refractivity contribution in [1.29, 1.82) is 0 Å². The topological polar surface area (TPSA) is 37.0 Å². The summed E-state index contributed by atoms with van der Waals surface area (Å²) >= 11 is 0. The monoisotopic (exact) mass is 255 g/mol. The first-order valence-electron chi connectivity index (χ1n) is 6.72. The largest absolute Gasteiger partial charge is 0.378 e. The highest BCUT2D eigenvalue weighted by Crippen LogP contribution is 2.22. The molecule has 0 fully saturated rings. The third-order valence-corrected chi connectivity index (χ3v) is 3.16. The van der Waals surface area contributed by atoms with Crippen LogP contribution in [-0.4, -0.2) is 11.5 Å². The number of hydrogen-bond donors (Lipinski definition) is 2. The highest BCUT2D eigenvalue weighted by Gasteiger charge is 2.07. The van der Waals surface area contributed by atoms with Crippen molar-refractivity contribution in [3.8, 4) is 0 Å². The van der Waals surface area contributed by atoms with Gasteiger partial charge in [-0.3, -0.25) is 0 Å². The molecule has 2 N–H and O–H groups in total. The number of nitrogens with zero attached hydrogens (tertiary/aromatic N) is 1. The Morgan fingerprint density at radius 3 is 2.74 bits per heavy atom. The van der Waals surface area contributed by atoms with Crippen molar-refractivity contribution >= 4 is 11.5 Å². The zero-order valence-electron chi connectivity index (χ0n) is 11.8. The number of benzene rings is 1. The molecule has 1 atom stereocenters. The summed E-state index contributed by atoms with van der Waals surface area (Å²) in [5.74, 6) is 0.907. The molecule has 100 valence electrons. The van der Waals surface area contributed by atoms with E-state index in [9.17, 15) is 0 Å². The molecule has 0 aliphatic rings. The van der Waals surface area contributed by atoms with Gasteiger partial charge in [0.25, 0.3) is 0 Å². The van der Waals surface area contributed by atoms with Gasteiger partial charge in [0.15, 0.2) is 0 Å². The van der Waals surface area contributed by atoms with Crippen molar-refractivity contribution in [3.63, 3.8) is 0 Å². The maximum atomic E-state index is 4.28. The Morgan fingerprint density at radius 2 is 2.00 bits per heavy atom. The van der Waals surface area contributed by atoms with Crippen LogP contribution in [-0.2, 0) is 0 Å². The Balaban J connectivity index is 2.12. The van der Waals surface area contributed by atoms with Crippen LogP contribution in [0.15, 0.2) is 42.6 Å². The van der Waals surface area contributed by atoms with E-state index in [2.05, 4.69) is 60.7 Å². The lowest BCUT2D eigenvalue weighted by Crippen LogP contribution is -2.08. The highest BCUT2D eigenvalue weighted by molar-refractivity contribution is 5.53. The quantitative estimate of drug-likeness (QED) is 0.848. The molecule has 0 aliphatic carbocycles. The number of aromatic nitrogens is 1. The lowest BCUT2D eigenvalue weighted by Gasteiger charge is -2.18. The average molecular weight is 255 g/mol. The van der Waals surface area contributed by atoms with Crippen LogP contribution in [0.3, 0.4) is 0 Å². The van der Waals surface area contributed by atoms with E-state index >= 15 is 0 Å². The van der Waals surface area contributed by atoms with Crippen LogP contribution in [0.25, 0.3) is 0 Å². The van der Waals surface area contributed by atoms with E-state index in [0.717, 1.165) is 18.1 Å². The van der Waals surface area contributed by atoms with Gasteiger partial charge in [-0.05, 0) is 38.0 Å². The van der Waals surface area contributed by atoms with Gasteiger partial charge >= 0.3 is 0 Å². The zero-order valence-corrected chi connectivity index (χ0v) is 11.8. The summed E-state index contributed by atoms with van der Waals surface area (Å²) in [5, 5.41) is 6.74. The minimum absolute atomic E-state index is 0.276. The molecule has 19 heavy (non-hydrogen) atoms. The summed E-state index contributed by atoms with van der Waals surface area (Å²) in [7, 11) is 0. The fourth-order valence-corrected chi connectivity index (χ4v) is 2.20. The van der Waals surface area contributed by atoms with Crippen molar-refractivity contribution in [2.24, 2.45) is 0 Å². The van der Waals surface area contributed by atoms with Crippen molar-refractivity contribution in [3.05, 3.63) is 53.7 Å². The van der Waals surface area contributed by atoms with Crippen LogP contribution in [0.5, 0.6) is 0 Å². The summed E-state index contributed by atoms with van der Waals surface area (Å²) in [6, 6.07) is 12.8. The smallest absolute Gasteiger partial charge is 0.127 e. The van der Waals surface area contributed by atoms with Crippen molar-refractivity contribution in [1.82, 2.24) is 4.98 Å². The van der Waals surface area contributed by atoms with E-state index in [1.165, 1.54) is 11.1 Å². The Morgan fingerprint density at radius 1 is 1.21 bits per heavy atom. The van der Waals surface area contributed by atoms with E-state index in [0.29, 0.717) is 0 Å². The Hall–Kier alpha value is -2.03. The maximum absolute atomic E-state index is 4.28. The molecule has 0 saturated heterocycles. The third kappa shape index (κ3) is 3.47. The number of nitrogens with one attached hydrogen (secondary N) is 2. The lowest BCUT2D eigenvalue weighted by molar-refractivity contribution is 0.873. The van der Waals surface area contributed by atoms with Gasteiger partial charge < -0.3 is 10.6 Å².